The summed E-state index contributed by atoms with van der Waals surface area (Å²) >= 11 is 6.14. The molecular weight excluding hydrogens is 346 g/mol. The molecule has 0 aliphatic carbocycles. The lowest BCUT2D eigenvalue weighted by Gasteiger charge is -2.18. The molecule has 25 heavy (non-hydrogen) atoms. The molecule has 0 saturated heterocycles. The Hall–Kier alpha value is -2.54. The van der Waals surface area contributed by atoms with Crippen molar-refractivity contribution < 1.29 is 19.1 Å². The topological polar surface area (TPSA) is 82.5 Å². The lowest BCUT2D eigenvalue weighted by molar-refractivity contribution is -0.153. The van der Waals surface area contributed by atoms with Crippen LogP contribution in [-0.4, -0.2) is 34.6 Å². The molecule has 0 aliphatic heterocycles. The smallest absolute Gasteiger partial charge is 0.412 e. The third-order valence-electron chi connectivity index (χ3n) is 3.42. The van der Waals surface area contributed by atoms with Gasteiger partial charge in [-0.1, -0.05) is 30.7 Å². The Morgan fingerprint density at radius 1 is 1.32 bits per heavy atom. The summed E-state index contributed by atoms with van der Waals surface area (Å²) in [7, 11) is 0. The third kappa shape index (κ3) is 5.22. The Morgan fingerprint density at radius 2 is 2.12 bits per heavy atom. The zero-order chi connectivity index (χ0) is 18.2. The number of amides is 1. The van der Waals surface area contributed by atoms with Crippen molar-refractivity contribution in [2.75, 3.05) is 11.9 Å². The molecule has 1 amide bonds. The van der Waals surface area contributed by atoms with Crippen molar-refractivity contribution in [1.29, 1.82) is 0 Å². The number of halogens is 1. The first-order valence-electron chi connectivity index (χ1n) is 7.94. The van der Waals surface area contributed by atoms with E-state index in [0.29, 0.717) is 17.1 Å². The molecule has 1 aromatic heterocycles. The maximum Gasteiger partial charge on any atom is 0.412 e. The highest BCUT2D eigenvalue weighted by molar-refractivity contribution is 6.33. The lowest BCUT2D eigenvalue weighted by Crippen LogP contribution is -2.35. The standard InChI is InChI=1S/C17H20ClN3O4/c1-3-12-7-5-8-13(18)15(12)20-17(23)25-14(16(22)24-4-2)11-21-10-6-9-19-21/h5-10,14H,3-4,11H2,1-2H3,(H,20,23). The summed E-state index contributed by atoms with van der Waals surface area (Å²) in [6.45, 7) is 3.87. The number of esters is 1. The number of carbonyl (C=O) groups is 2. The SMILES string of the molecule is CCOC(=O)C(Cn1cccn1)OC(=O)Nc1c(Cl)cccc1CC. The van der Waals surface area contributed by atoms with Crippen LogP contribution in [0.15, 0.2) is 36.7 Å². The summed E-state index contributed by atoms with van der Waals surface area (Å²) in [5.74, 6) is -0.636. The summed E-state index contributed by atoms with van der Waals surface area (Å²) in [4.78, 5) is 24.3. The van der Waals surface area contributed by atoms with Crippen LogP contribution >= 0.6 is 11.6 Å². The van der Waals surface area contributed by atoms with E-state index in [1.165, 1.54) is 4.68 Å². The number of aromatic nitrogens is 2. The van der Waals surface area contributed by atoms with Crippen LogP contribution in [0.5, 0.6) is 0 Å². The first-order chi connectivity index (χ1) is 12.0. The third-order valence-corrected chi connectivity index (χ3v) is 3.73. The molecule has 1 atom stereocenters. The quantitative estimate of drug-likeness (QED) is 0.761. The first-order valence-corrected chi connectivity index (χ1v) is 8.32. The highest BCUT2D eigenvalue weighted by Gasteiger charge is 2.26. The van der Waals surface area contributed by atoms with Gasteiger partial charge in [0.25, 0.3) is 0 Å². The van der Waals surface area contributed by atoms with E-state index < -0.39 is 18.2 Å². The molecule has 1 aromatic carbocycles. The van der Waals surface area contributed by atoms with Gasteiger partial charge in [-0.2, -0.15) is 5.10 Å². The van der Waals surface area contributed by atoms with Crippen molar-refractivity contribution in [3.63, 3.8) is 0 Å². The first kappa shape index (κ1) is 18.8. The van der Waals surface area contributed by atoms with Crippen LogP contribution in [0.3, 0.4) is 0 Å². The number of aryl methyl sites for hydroxylation is 1. The molecule has 2 rings (SSSR count). The van der Waals surface area contributed by atoms with E-state index in [-0.39, 0.29) is 13.2 Å². The molecule has 0 saturated carbocycles. The van der Waals surface area contributed by atoms with Crippen LogP contribution in [0.1, 0.15) is 19.4 Å². The number of para-hydroxylation sites is 1. The van der Waals surface area contributed by atoms with Crippen LogP contribution in [-0.2, 0) is 27.2 Å². The lowest BCUT2D eigenvalue weighted by atomic mass is 10.1. The van der Waals surface area contributed by atoms with E-state index in [4.69, 9.17) is 21.1 Å². The van der Waals surface area contributed by atoms with Crippen molar-refractivity contribution in [3.05, 3.63) is 47.2 Å². The van der Waals surface area contributed by atoms with Gasteiger partial charge in [-0.3, -0.25) is 10.00 Å². The number of anilines is 1. The number of nitrogens with zero attached hydrogens (tertiary/aromatic N) is 2. The summed E-state index contributed by atoms with van der Waals surface area (Å²) in [5, 5.41) is 7.01. The number of rotatable bonds is 7. The van der Waals surface area contributed by atoms with Crippen LogP contribution < -0.4 is 5.32 Å². The summed E-state index contributed by atoms with van der Waals surface area (Å²) in [5.41, 5.74) is 1.34. The van der Waals surface area contributed by atoms with Gasteiger partial charge in [-0.25, -0.2) is 9.59 Å². The molecule has 0 radical (unpaired) electrons. The normalized spacial score (nSPS) is 11.6. The Labute approximate surface area is 150 Å². The number of ether oxygens (including phenoxy) is 2. The molecule has 7 nitrogen and oxygen atoms in total. The Kier molecular flexibility index (Phi) is 6.82. The minimum atomic E-state index is -1.12. The average Bonchev–Trinajstić information content (AvgIpc) is 3.09. The van der Waals surface area contributed by atoms with Gasteiger partial charge in [-0.05, 0) is 31.0 Å². The van der Waals surface area contributed by atoms with E-state index in [1.54, 1.807) is 37.5 Å². The van der Waals surface area contributed by atoms with Crippen molar-refractivity contribution in [3.8, 4) is 0 Å². The molecule has 134 valence electrons. The van der Waals surface area contributed by atoms with E-state index >= 15 is 0 Å². The number of carbonyl (C=O) groups excluding carboxylic acids is 2. The van der Waals surface area contributed by atoms with Gasteiger partial charge in [0.2, 0.25) is 6.10 Å². The Morgan fingerprint density at radius 3 is 2.76 bits per heavy atom. The van der Waals surface area contributed by atoms with Crippen molar-refractivity contribution >= 4 is 29.4 Å². The molecule has 0 fully saturated rings. The molecule has 1 heterocycles. The van der Waals surface area contributed by atoms with Gasteiger partial charge < -0.3 is 9.47 Å². The van der Waals surface area contributed by atoms with Gasteiger partial charge in [0, 0.05) is 12.4 Å². The zero-order valence-electron chi connectivity index (χ0n) is 14.1. The van der Waals surface area contributed by atoms with E-state index in [2.05, 4.69) is 10.4 Å². The van der Waals surface area contributed by atoms with Crippen molar-refractivity contribution in [1.82, 2.24) is 9.78 Å². The summed E-state index contributed by atoms with van der Waals surface area (Å²) in [6, 6.07) is 7.04. The number of hydrogen-bond donors (Lipinski definition) is 1. The molecule has 0 bridgehead atoms. The van der Waals surface area contributed by atoms with E-state index in [9.17, 15) is 9.59 Å². The Balaban J connectivity index is 2.10. The molecule has 1 unspecified atom stereocenters. The number of hydrogen-bond acceptors (Lipinski definition) is 5. The number of nitrogens with one attached hydrogen (secondary N) is 1. The fraction of sp³-hybridized carbons (Fsp3) is 0.353. The minimum Gasteiger partial charge on any atom is -0.463 e. The van der Waals surface area contributed by atoms with Gasteiger partial charge in [-0.15, -0.1) is 0 Å². The predicted octanol–water partition coefficient (Wildman–Crippen LogP) is 3.28. The zero-order valence-corrected chi connectivity index (χ0v) is 14.8. The maximum atomic E-state index is 12.3. The molecule has 8 heteroatoms. The maximum absolute atomic E-state index is 12.3. The average molecular weight is 366 g/mol. The predicted molar refractivity (Wildman–Crippen MR) is 93.6 cm³/mol. The number of benzene rings is 1. The van der Waals surface area contributed by atoms with Gasteiger partial charge in [0.15, 0.2) is 0 Å². The van der Waals surface area contributed by atoms with E-state index in [1.807, 2.05) is 13.0 Å². The van der Waals surface area contributed by atoms with Gasteiger partial charge in [0.1, 0.15) is 0 Å². The van der Waals surface area contributed by atoms with Crippen LogP contribution in [0, 0.1) is 0 Å². The van der Waals surface area contributed by atoms with Crippen molar-refractivity contribution in [2.24, 2.45) is 0 Å². The Bertz CT molecular complexity index is 719. The summed E-state index contributed by atoms with van der Waals surface area (Å²) < 4.78 is 11.7. The minimum absolute atomic E-state index is 0.0579. The molecule has 0 aliphatic rings. The second-order valence-electron chi connectivity index (χ2n) is 5.13. The van der Waals surface area contributed by atoms with E-state index in [0.717, 1.165) is 5.56 Å². The van der Waals surface area contributed by atoms with Crippen molar-refractivity contribution in [2.45, 2.75) is 32.9 Å². The van der Waals surface area contributed by atoms with Crippen LogP contribution in [0.4, 0.5) is 10.5 Å². The highest BCUT2D eigenvalue weighted by Crippen LogP contribution is 2.26. The molecule has 2 aromatic rings. The second kappa shape index (κ2) is 9.08. The van der Waals surface area contributed by atoms with Gasteiger partial charge in [0.05, 0.1) is 23.9 Å². The summed E-state index contributed by atoms with van der Waals surface area (Å²) in [6.07, 6.45) is 2.02. The van der Waals surface area contributed by atoms with Gasteiger partial charge >= 0.3 is 12.1 Å². The highest BCUT2D eigenvalue weighted by atomic mass is 35.5. The van der Waals surface area contributed by atoms with Crippen LogP contribution in [0.25, 0.3) is 0 Å². The monoisotopic (exact) mass is 365 g/mol. The molecule has 1 N–H and O–H groups in total. The largest absolute Gasteiger partial charge is 0.463 e. The molecule has 0 spiro atoms. The second-order valence-corrected chi connectivity index (χ2v) is 5.53. The molecular formula is C17H20ClN3O4. The fourth-order valence-electron chi connectivity index (χ4n) is 2.24. The van der Waals surface area contributed by atoms with Crippen LogP contribution in [0.2, 0.25) is 5.02 Å². The fourth-order valence-corrected chi connectivity index (χ4v) is 2.48.